The van der Waals surface area contributed by atoms with E-state index in [4.69, 9.17) is 11.6 Å². The van der Waals surface area contributed by atoms with Crippen molar-refractivity contribution >= 4 is 23.0 Å². The third-order valence-electron chi connectivity index (χ3n) is 2.72. The molecule has 100 valence electrons. The number of hydrogen-bond acceptors (Lipinski definition) is 3. The first-order valence-corrected chi connectivity index (χ1v) is 6.27. The third-order valence-corrected chi connectivity index (χ3v) is 3.01. The van der Waals surface area contributed by atoms with E-state index in [0.29, 0.717) is 0 Å². The lowest BCUT2D eigenvalue weighted by molar-refractivity contribution is -0.384. The lowest BCUT2D eigenvalue weighted by Gasteiger charge is -2.17. The Morgan fingerprint density at radius 1 is 1.50 bits per heavy atom. The van der Waals surface area contributed by atoms with Crippen molar-refractivity contribution < 1.29 is 9.31 Å². The predicted octanol–water partition coefficient (Wildman–Crippen LogP) is 4.38. The van der Waals surface area contributed by atoms with Crippen LogP contribution in [0.5, 0.6) is 0 Å². The molecule has 0 saturated heterocycles. The van der Waals surface area contributed by atoms with Gasteiger partial charge in [-0.25, -0.2) is 4.39 Å². The van der Waals surface area contributed by atoms with Gasteiger partial charge in [0.1, 0.15) is 11.5 Å². The number of nitro benzene ring substituents is 1. The van der Waals surface area contributed by atoms with Crippen LogP contribution in [-0.2, 0) is 0 Å². The second-order valence-corrected chi connectivity index (χ2v) is 4.49. The Labute approximate surface area is 110 Å². The van der Waals surface area contributed by atoms with Gasteiger partial charge >= 0.3 is 0 Å². The van der Waals surface area contributed by atoms with Crippen molar-refractivity contribution in [2.75, 3.05) is 5.32 Å². The first-order valence-electron chi connectivity index (χ1n) is 5.89. The van der Waals surface area contributed by atoms with E-state index in [9.17, 15) is 14.5 Å². The zero-order valence-corrected chi connectivity index (χ0v) is 11.1. The standard InChI is InChI=1S/C12H16ClFN2O2/c1-3-5-8(4-2)15-11-7-10(14)9(13)6-12(11)16(17)18/h6-8,15H,3-5H2,1-2H3. The molecule has 0 amide bonds. The van der Waals surface area contributed by atoms with Crippen LogP contribution >= 0.6 is 11.6 Å². The largest absolute Gasteiger partial charge is 0.377 e. The number of anilines is 1. The van der Waals surface area contributed by atoms with Crippen LogP contribution in [0.1, 0.15) is 33.1 Å². The molecule has 0 radical (unpaired) electrons. The van der Waals surface area contributed by atoms with Crippen LogP contribution in [0.15, 0.2) is 12.1 Å². The summed E-state index contributed by atoms with van der Waals surface area (Å²) in [5, 5.41) is 13.7. The maximum Gasteiger partial charge on any atom is 0.294 e. The molecule has 0 fully saturated rings. The van der Waals surface area contributed by atoms with Crippen LogP contribution in [-0.4, -0.2) is 11.0 Å². The van der Waals surface area contributed by atoms with Gasteiger partial charge in [-0.05, 0) is 12.8 Å². The smallest absolute Gasteiger partial charge is 0.294 e. The molecule has 1 aromatic carbocycles. The molecule has 0 heterocycles. The highest BCUT2D eigenvalue weighted by atomic mass is 35.5. The Hall–Kier alpha value is -1.36. The minimum atomic E-state index is -0.656. The molecule has 18 heavy (non-hydrogen) atoms. The summed E-state index contributed by atoms with van der Waals surface area (Å²) in [4.78, 5) is 10.3. The normalized spacial score (nSPS) is 12.2. The number of rotatable bonds is 6. The third kappa shape index (κ3) is 3.57. The number of nitro groups is 1. The van der Waals surface area contributed by atoms with Crippen molar-refractivity contribution in [1.82, 2.24) is 0 Å². The zero-order chi connectivity index (χ0) is 13.7. The number of hydrogen-bond donors (Lipinski definition) is 1. The van der Waals surface area contributed by atoms with E-state index in [0.717, 1.165) is 31.4 Å². The Morgan fingerprint density at radius 3 is 2.67 bits per heavy atom. The van der Waals surface area contributed by atoms with Crippen molar-refractivity contribution in [2.45, 2.75) is 39.2 Å². The fraction of sp³-hybridized carbons (Fsp3) is 0.500. The van der Waals surface area contributed by atoms with E-state index in [1.54, 1.807) is 0 Å². The molecule has 0 aliphatic rings. The summed E-state index contributed by atoms with van der Waals surface area (Å²) in [7, 11) is 0. The summed E-state index contributed by atoms with van der Waals surface area (Å²) >= 11 is 5.55. The van der Waals surface area contributed by atoms with Gasteiger partial charge < -0.3 is 5.32 Å². The van der Waals surface area contributed by atoms with E-state index in [2.05, 4.69) is 5.32 Å². The minimum absolute atomic E-state index is 0.0919. The Bertz CT molecular complexity index is 440. The van der Waals surface area contributed by atoms with Crippen molar-refractivity contribution in [3.63, 3.8) is 0 Å². The van der Waals surface area contributed by atoms with Crippen LogP contribution in [0.2, 0.25) is 5.02 Å². The zero-order valence-electron chi connectivity index (χ0n) is 10.4. The van der Waals surface area contributed by atoms with Crippen molar-refractivity contribution in [3.8, 4) is 0 Å². The fourth-order valence-corrected chi connectivity index (χ4v) is 1.91. The number of benzene rings is 1. The quantitative estimate of drug-likeness (QED) is 0.619. The van der Waals surface area contributed by atoms with Crippen LogP contribution in [0.4, 0.5) is 15.8 Å². The molecule has 1 rings (SSSR count). The molecule has 1 N–H and O–H groups in total. The average molecular weight is 275 g/mol. The molecule has 0 saturated carbocycles. The Morgan fingerprint density at radius 2 is 2.17 bits per heavy atom. The van der Waals surface area contributed by atoms with Crippen LogP contribution < -0.4 is 5.32 Å². The maximum atomic E-state index is 13.4. The summed E-state index contributed by atoms with van der Waals surface area (Å²) in [6, 6.07) is 2.21. The molecule has 0 spiro atoms. The summed E-state index contributed by atoms with van der Waals surface area (Å²) in [5.41, 5.74) is -0.0156. The van der Waals surface area contributed by atoms with E-state index >= 15 is 0 Å². The van der Waals surface area contributed by atoms with Gasteiger partial charge in [-0.3, -0.25) is 10.1 Å². The number of nitrogens with zero attached hydrogens (tertiary/aromatic N) is 1. The Balaban J connectivity index is 3.06. The van der Waals surface area contributed by atoms with Gasteiger partial charge in [0.15, 0.2) is 0 Å². The summed E-state index contributed by atoms with van der Waals surface area (Å²) in [6.45, 7) is 4.01. The molecular weight excluding hydrogens is 259 g/mol. The fourth-order valence-electron chi connectivity index (χ4n) is 1.75. The monoisotopic (exact) mass is 274 g/mol. The highest BCUT2D eigenvalue weighted by Crippen LogP contribution is 2.31. The molecule has 0 aromatic heterocycles. The van der Waals surface area contributed by atoms with Gasteiger partial charge in [-0.15, -0.1) is 0 Å². The van der Waals surface area contributed by atoms with Gasteiger partial charge in [-0.1, -0.05) is 31.9 Å². The van der Waals surface area contributed by atoms with Gasteiger partial charge in [0, 0.05) is 18.2 Å². The minimum Gasteiger partial charge on any atom is -0.377 e. The van der Waals surface area contributed by atoms with E-state index in [1.165, 1.54) is 0 Å². The molecule has 1 aromatic rings. The highest BCUT2D eigenvalue weighted by Gasteiger charge is 2.19. The van der Waals surface area contributed by atoms with Gasteiger partial charge in [0.2, 0.25) is 0 Å². The molecule has 0 aliphatic carbocycles. The molecule has 0 aliphatic heterocycles. The lowest BCUT2D eigenvalue weighted by atomic mass is 10.1. The first kappa shape index (κ1) is 14.7. The SMILES string of the molecule is CCCC(CC)Nc1cc(F)c(Cl)cc1[N+](=O)[O-]. The summed E-state index contributed by atoms with van der Waals surface area (Å²) < 4.78 is 13.4. The van der Waals surface area contributed by atoms with Crippen molar-refractivity contribution in [1.29, 1.82) is 0 Å². The topological polar surface area (TPSA) is 55.2 Å². The lowest BCUT2D eigenvalue weighted by Crippen LogP contribution is -2.18. The molecule has 4 nitrogen and oxygen atoms in total. The molecule has 0 bridgehead atoms. The highest BCUT2D eigenvalue weighted by molar-refractivity contribution is 6.31. The number of halogens is 2. The molecule has 6 heteroatoms. The van der Waals surface area contributed by atoms with Gasteiger partial charge in [0.05, 0.1) is 9.95 Å². The summed E-state index contributed by atoms with van der Waals surface area (Å²) in [6.07, 6.45) is 2.64. The van der Waals surface area contributed by atoms with Crippen LogP contribution in [0, 0.1) is 15.9 Å². The van der Waals surface area contributed by atoms with E-state index in [-0.39, 0.29) is 22.4 Å². The van der Waals surface area contributed by atoms with Crippen LogP contribution in [0.25, 0.3) is 0 Å². The number of nitrogens with one attached hydrogen (secondary N) is 1. The molecule has 1 atom stereocenters. The first-order chi connectivity index (χ1) is 8.49. The summed E-state index contributed by atoms with van der Waals surface area (Å²) in [5.74, 6) is -0.656. The molecule has 1 unspecified atom stereocenters. The van der Waals surface area contributed by atoms with Crippen LogP contribution in [0.3, 0.4) is 0 Å². The van der Waals surface area contributed by atoms with Gasteiger partial charge in [-0.2, -0.15) is 0 Å². The second kappa shape index (κ2) is 6.54. The Kier molecular flexibility index (Phi) is 5.34. The van der Waals surface area contributed by atoms with Gasteiger partial charge in [0.25, 0.3) is 5.69 Å². The van der Waals surface area contributed by atoms with E-state index < -0.39 is 10.7 Å². The predicted molar refractivity (Wildman–Crippen MR) is 70.7 cm³/mol. The van der Waals surface area contributed by atoms with Crippen molar-refractivity contribution in [2.24, 2.45) is 0 Å². The van der Waals surface area contributed by atoms with Crippen molar-refractivity contribution in [3.05, 3.63) is 33.1 Å². The maximum absolute atomic E-state index is 13.4. The second-order valence-electron chi connectivity index (χ2n) is 4.08. The van der Waals surface area contributed by atoms with E-state index in [1.807, 2.05) is 13.8 Å². The average Bonchev–Trinajstić information content (AvgIpc) is 2.32. The molecular formula is C12H16ClFN2O2.